The summed E-state index contributed by atoms with van der Waals surface area (Å²) in [6.07, 6.45) is -5.08. The van der Waals surface area contributed by atoms with Gasteiger partial charge in [0.15, 0.2) is 29.6 Å². The first-order chi connectivity index (χ1) is 20.0. The van der Waals surface area contributed by atoms with Crippen molar-refractivity contribution in [2.24, 2.45) is 10.2 Å². The minimum Gasteiger partial charge on any atom is -0.497 e. The number of H-pyrrole nitrogens is 1. The van der Waals surface area contributed by atoms with Crippen LogP contribution in [-0.4, -0.2) is 75.4 Å². The van der Waals surface area contributed by atoms with E-state index in [1.165, 1.54) is 25.5 Å². The van der Waals surface area contributed by atoms with E-state index in [1.54, 1.807) is 24.3 Å². The molecular formula is C25H27N7O10. The molecule has 0 radical (unpaired) electrons. The largest absolute Gasteiger partial charge is 0.497 e. The molecule has 17 nitrogen and oxygen atoms in total. The fourth-order valence-electron chi connectivity index (χ4n) is 4.16. The first-order valence-electron chi connectivity index (χ1n) is 12.5. The number of aromatic nitrogens is 4. The van der Waals surface area contributed by atoms with E-state index in [0.717, 1.165) is 13.8 Å². The Bertz CT molecular complexity index is 1600. The number of ether oxygens (including phenoxy) is 5. The number of rotatable bonds is 9. The quantitative estimate of drug-likeness (QED) is 0.209. The van der Waals surface area contributed by atoms with Gasteiger partial charge in [0.05, 0.1) is 12.8 Å². The standard InChI is InChI=1S/C25H27N7O10/c1-11(33)26-24-28-21-18(22(37)29-24)27-25(31-30-15-6-8-16(38-5)9-7-15)32(21)23-20(41-14(4)36)19(40-13(3)35)17(42-23)10-39-12(2)34/h6-9,17,19-20,23H,10H2,1-5H3,(H2,26,28,29,33,37)/b31-30+/t17-,19?,20+,23-/m1/s1. The maximum atomic E-state index is 13.0. The van der Waals surface area contributed by atoms with Gasteiger partial charge in [-0.3, -0.25) is 38.8 Å². The first-order valence-corrected chi connectivity index (χ1v) is 12.5. The van der Waals surface area contributed by atoms with E-state index in [4.69, 9.17) is 23.7 Å². The number of hydrogen-bond acceptors (Lipinski definition) is 14. The Morgan fingerprint density at radius 2 is 1.64 bits per heavy atom. The van der Waals surface area contributed by atoms with Gasteiger partial charge in [0.2, 0.25) is 11.9 Å². The van der Waals surface area contributed by atoms with Crippen LogP contribution in [0, 0.1) is 0 Å². The van der Waals surface area contributed by atoms with Gasteiger partial charge in [-0.1, -0.05) is 0 Å². The number of esters is 3. The highest BCUT2D eigenvalue weighted by molar-refractivity contribution is 5.87. The number of benzene rings is 1. The second kappa shape index (κ2) is 12.5. The summed E-state index contributed by atoms with van der Waals surface area (Å²) in [7, 11) is 1.51. The van der Waals surface area contributed by atoms with Gasteiger partial charge in [-0.05, 0) is 24.3 Å². The number of amides is 1. The third-order valence-electron chi connectivity index (χ3n) is 5.75. The smallest absolute Gasteiger partial charge is 0.303 e. The minimum absolute atomic E-state index is 0.136. The van der Waals surface area contributed by atoms with Crippen molar-refractivity contribution in [3.63, 3.8) is 0 Å². The summed E-state index contributed by atoms with van der Waals surface area (Å²) in [6.45, 7) is 4.30. The van der Waals surface area contributed by atoms with Crippen molar-refractivity contribution in [1.29, 1.82) is 0 Å². The number of carbonyl (C=O) groups excluding carboxylic acids is 4. The van der Waals surface area contributed by atoms with Crippen LogP contribution in [0.2, 0.25) is 0 Å². The molecule has 4 atom stereocenters. The molecule has 4 rings (SSSR count). The highest BCUT2D eigenvalue weighted by Crippen LogP contribution is 2.39. The predicted octanol–water partition coefficient (Wildman–Crippen LogP) is 1.83. The van der Waals surface area contributed by atoms with Crippen molar-refractivity contribution in [3.05, 3.63) is 34.6 Å². The van der Waals surface area contributed by atoms with Crippen LogP contribution < -0.4 is 15.6 Å². The summed E-state index contributed by atoms with van der Waals surface area (Å²) in [6, 6.07) is 6.55. The van der Waals surface area contributed by atoms with Crippen molar-refractivity contribution >= 4 is 52.6 Å². The molecule has 1 fully saturated rings. The SMILES string of the molecule is COc1ccc(/N=N/c2nc3c(=O)[nH]c(NC(C)=O)nc3n2[C@@H]2O[C@H](COC(C)=O)C(OC(C)=O)[C@@H]2OC(C)=O)cc1. The molecule has 3 aromatic rings. The number of carbonyl (C=O) groups is 4. The molecule has 2 aromatic heterocycles. The summed E-state index contributed by atoms with van der Waals surface area (Å²) >= 11 is 0. The number of anilines is 1. The van der Waals surface area contributed by atoms with Crippen molar-refractivity contribution in [3.8, 4) is 5.75 Å². The second-order valence-corrected chi connectivity index (χ2v) is 8.96. The van der Waals surface area contributed by atoms with Crippen molar-refractivity contribution in [2.45, 2.75) is 52.2 Å². The zero-order valence-corrected chi connectivity index (χ0v) is 23.1. The molecule has 1 aliphatic rings. The minimum atomic E-state index is -1.37. The van der Waals surface area contributed by atoms with Crippen molar-refractivity contribution < 1.29 is 42.9 Å². The van der Waals surface area contributed by atoms with Crippen molar-refractivity contribution in [1.82, 2.24) is 19.5 Å². The van der Waals surface area contributed by atoms with E-state index in [0.29, 0.717) is 11.4 Å². The van der Waals surface area contributed by atoms with Crippen LogP contribution >= 0.6 is 0 Å². The molecule has 222 valence electrons. The van der Waals surface area contributed by atoms with Crippen LogP contribution in [0.5, 0.6) is 5.75 Å². The number of imidazole rings is 1. The molecule has 1 saturated heterocycles. The summed E-state index contributed by atoms with van der Waals surface area (Å²) in [5.41, 5.74) is -0.698. The summed E-state index contributed by atoms with van der Waals surface area (Å²) in [5.74, 6) is -2.48. The average molecular weight is 586 g/mol. The second-order valence-electron chi connectivity index (χ2n) is 8.96. The zero-order chi connectivity index (χ0) is 30.6. The van der Waals surface area contributed by atoms with E-state index in [9.17, 15) is 24.0 Å². The van der Waals surface area contributed by atoms with E-state index < -0.39 is 53.9 Å². The van der Waals surface area contributed by atoms with Gasteiger partial charge in [-0.2, -0.15) is 4.98 Å². The molecular weight excluding hydrogens is 558 g/mol. The number of hydrogen-bond donors (Lipinski definition) is 2. The third-order valence-corrected chi connectivity index (χ3v) is 5.75. The van der Waals surface area contributed by atoms with Gasteiger partial charge in [0.25, 0.3) is 11.5 Å². The third kappa shape index (κ3) is 6.74. The summed E-state index contributed by atoms with van der Waals surface area (Å²) in [5, 5.41) is 10.7. The number of nitrogens with one attached hydrogen (secondary N) is 2. The van der Waals surface area contributed by atoms with E-state index >= 15 is 0 Å². The van der Waals surface area contributed by atoms with E-state index in [1.807, 2.05) is 0 Å². The molecule has 0 aliphatic carbocycles. The lowest BCUT2D eigenvalue weighted by Gasteiger charge is -2.24. The topological polar surface area (TPSA) is 215 Å². The Balaban J connectivity index is 1.90. The maximum absolute atomic E-state index is 13.0. The van der Waals surface area contributed by atoms with Gasteiger partial charge in [-0.25, -0.2) is 4.98 Å². The Kier molecular flexibility index (Phi) is 8.90. The summed E-state index contributed by atoms with van der Waals surface area (Å²) < 4.78 is 28.5. The van der Waals surface area contributed by atoms with Crippen LogP contribution in [0.3, 0.4) is 0 Å². The van der Waals surface area contributed by atoms with Gasteiger partial charge in [0, 0.05) is 27.7 Å². The Labute approximate surface area is 237 Å². The Morgan fingerprint density at radius 3 is 2.24 bits per heavy atom. The normalized spacial score (nSPS) is 19.9. The molecule has 1 unspecified atom stereocenters. The zero-order valence-electron chi connectivity index (χ0n) is 23.1. The van der Waals surface area contributed by atoms with Crippen LogP contribution in [0.25, 0.3) is 11.2 Å². The lowest BCUT2D eigenvalue weighted by Crippen LogP contribution is -2.40. The number of azo groups is 1. The fourth-order valence-corrected chi connectivity index (χ4v) is 4.16. The van der Waals surface area contributed by atoms with Crippen LogP contribution in [0.4, 0.5) is 17.6 Å². The molecule has 1 aromatic carbocycles. The van der Waals surface area contributed by atoms with Gasteiger partial charge in [0.1, 0.15) is 18.5 Å². The highest BCUT2D eigenvalue weighted by Gasteiger charge is 2.52. The molecule has 1 amide bonds. The van der Waals surface area contributed by atoms with Gasteiger partial charge in [-0.15, -0.1) is 10.2 Å². The van der Waals surface area contributed by atoms with E-state index in [2.05, 4.69) is 30.5 Å². The molecule has 3 heterocycles. The van der Waals surface area contributed by atoms with Gasteiger partial charge < -0.3 is 23.7 Å². The van der Waals surface area contributed by atoms with Crippen molar-refractivity contribution in [2.75, 3.05) is 19.0 Å². The number of nitrogens with zero attached hydrogens (tertiary/aromatic N) is 5. The molecule has 0 bridgehead atoms. The maximum Gasteiger partial charge on any atom is 0.303 e. The molecule has 2 N–H and O–H groups in total. The average Bonchev–Trinajstić information content (AvgIpc) is 3.43. The fraction of sp³-hybridized carbons (Fsp3) is 0.400. The van der Waals surface area contributed by atoms with Crippen LogP contribution in [0.15, 0.2) is 39.3 Å². The Hall–Kier alpha value is -5.19. The van der Waals surface area contributed by atoms with Crippen LogP contribution in [0.1, 0.15) is 33.9 Å². The molecule has 0 spiro atoms. The predicted molar refractivity (Wildman–Crippen MR) is 141 cm³/mol. The number of methoxy groups -OCH3 is 1. The van der Waals surface area contributed by atoms with Gasteiger partial charge >= 0.3 is 17.9 Å². The summed E-state index contributed by atoms with van der Waals surface area (Å²) in [4.78, 5) is 71.3. The lowest BCUT2D eigenvalue weighted by atomic mass is 10.1. The number of fused-ring (bicyclic) bond motifs is 1. The van der Waals surface area contributed by atoms with E-state index in [-0.39, 0.29) is 29.7 Å². The first kappa shape index (κ1) is 29.8. The lowest BCUT2D eigenvalue weighted by molar-refractivity contribution is -0.166. The number of aromatic amines is 1. The molecule has 0 saturated carbocycles. The van der Waals surface area contributed by atoms with Crippen LogP contribution in [-0.2, 0) is 38.1 Å². The molecule has 17 heteroatoms. The highest BCUT2D eigenvalue weighted by atomic mass is 16.7. The molecule has 1 aliphatic heterocycles. The monoisotopic (exact) mass is 585 g/mol. The Morgan fingerprint density at radius 1 is 0.976 bits per heavy atom. The molecule has 42 heavy (non-hydrogen) atoms.